The van der Waals surface area contributed by atoms with Gasteiger partial charge in [0, 0.05) is 43.9 Å². The number of aromatic amines is 1. The third-order valence-corrected chi connectivity index (χ3v) is 4.93. The zero-order valence-corrected chi connectivity index (χ0v) is 15.7. The molecule has 2 aromatic rings. The Hall–Kier alpha value is -2.42. The molecule has 3 rings (SSSR count). The molecule has 0 aliphatic carbocycles. The molecule has 3 heterocycles. The Kier molecular flexibility index (Phi) is 5.87. The van der Waals surface area contributed by atoms with Crippen LogP contribution in [0.15, 0.2) is 10.7 Å². The highest BCUT2D eigenvalue weighted by Crippen LogP contribution is 2.17. The number of carbonyl (C=O) groups excluding carboxylic acids is 1. The van der Waals surface area contributed by atoms with Gasteiger partial charge in [-0.05, 0) is 33.2 Å². The molecular weight excluding hydrogens is 334 g/mol. The molecule has 0 aromatic carbocycles. The van der Waals surface area contributed by atoms with Gasteiger partial charge in [-0.3, -0.25) is 10.00 Å². The Morgan fingerprint density at radius 1 is 1.42 bits per heavy atom. The van der Waals surface area contributed by atoms with Crippen LogP contribution in [0.3, 0.4) is 0 Å². The van der Waals surface area contributed by atoms with Gasteiger partial charge in [0.15, 0.2) is 5.82 Å². The minimum absolute atomic E-state index is 0.0114. The maximum Gasteiger partial charge on any atom is 0.317 e. The lowest BCUT2D eigenvalue weighted by molar-refractivity contribution is 0.189. The fourth-order valence-electron chi connectivity index (χ4n) is 3.32. The van der Waals surface area contributed by atoms with Crippen LogP contribution >= 0.6 is 0 Å². The van der Waals surface area contributed by atoms with Crippen molar-refractivity contribution in [1.29, 1.82) is 0 Å². The van der Waals surface area contributed by atoms with Gasteiger partial charge in [-0.15, -0.1) is 0 Å². The van der Waals surface area contributed by atoms with Crippen LogP contribution in [0.4, 0.5) is 4.79 Å². The fraction of sp³-hybridized carbons (Fsp3) is 0.647. The van der Waals surface area contributed by atoms with Gasteiger partial charge < -0.3 is 14.7 Å². The first-order valence-electron chi connectivity index (χ1n) is 9.04. The van der Waals surface area contributed by atoms with Crippen LogP contribution in [0, 0.1) is 13.8 Å². The summed E-state index contributed by atoms with van der Waals surface area (Å²) in [7, 11) is 2.08. The maximum absolute atomic E-state index is 12.5. The van der Waals surface area contributed by atoms with Crippen LogP contribution in [0.1, 0.15) is 42.2 Å². The van der Waals surface area contributed by atoms with E-state index in [1.807, 2.05) is 11.8 Å². The summed E-state index contributed by atoms with van der Waals surface area (Å²) < 4.78 is 5.04. The Balaban J connectivity index is 1.47. The van der Waals surface area contributed by atoms with E-state index in [4.69, 9.17) is 4.52 Å². The maximum atomic E-state index is 12.5. The highest BCUT2D eigenvalue weighted by Gasteiger charge is 2.24. The summed E-state index contributed by atoms with van der Waals surface area (Å²) in [5, 5.41) is 13.8. The van der Waals surface area contributed by atoms with Gasteiger partial charge in [-0.25, -0.2) is 4.79 Å². The normalized spacial score (nSPS) is 18.2. The highest BCUT2D eigenvalue weighted by molar-refractivity contribution is 5.74. The number of H-pyrrole nitrogens is 1. The van der Waals surface area contributed by atoms with Gasteiger partial charge in [-0.2, -0.15) is 10.1 Å². The van der Waals surface area contributed by atoms with Crippen molar-refractivity contribution in [2.75, 3.05) is 20.1 Å². The number of aromatic nitrogens is 4. The molecule has 1 atom stereocenters. The van der Waals surface area contributed by atoms with Crippen LogP contribution in [-0.2, 0) is 13.1 Å². The minimum atomic E-state index is -0.0114. The summed E-state index contributed by atoms with van der Waals surface area (Å²) in [5.74, 6) is 1.30. The Bertz CT molecular complexity index is 726. The third kappa shape index (κ3) is 4.60. The molecule has 1 aliphatic rings. The fourth-order valence-corrected chi connectivity index (χ4v) is 3.32. The average molecular weight is 361 g/mol. The van der Waals surface area contributed by atoms with Crippen molar-refractivity contribution in [3.8, 4) is 0 Å². The number of urea groups is 1. The SMILES string of the molecule is Cc1nc(CN(C)[C@@H]2CCCN(C(=O)NCc3cn[nH]c3C)CC2)no1. The molecule has 2 N–H and O–H groups in total. The number of aryl methyl sites for hydroxylation is 2. The van der Waals surface area contributed by atoms with E-state index in [1.54, 1.807) is 13.1 Å². The van der Waals surface area contributed by atoms with Gasteiger partial charge in [0.25, 0.3) is 0 Å². The summed E-state index contributed by atoms with van der Waals surface area (Å²) in [6, 6.07) is 0.394. The number of carbonyl (C=O) groups is 1. The highest BCUT2D eigenvalue weighted by atomic mass is 16.5. The van der Waals surface area contributed by atoms with Crippen molar-refractivity contribution in [3.63, 3.8) is 0 Å². The van der Waals surface area contributed by atoms with Crippen molar-refractivity contribution >= 4 is 6.03 Å². The second-order valence-electron chi connectivity index (χ2n) is 6.90. The molecule has 0 bridgehead atoms. The molecule has 0 spiro atoms. The largest absolute Gasteiger partial charge is 0.340 e. The molecule has 142 valence electrons. The standard InChI is InChI=1S/C17H27N7O2/c1-12-14(10-19-21-12)9-18-17(25)24-7-4-5-15(6-8-24)23(3)11-16-20-13(2)26-22-16/h10,15H,4-9,11H2,1-3H3,(H,18,25)(H,19,21)/t15-/m1/s1. The Morgan fingerprint density at radius 2 is 2.27 bits per heavy atom. The van der Waals surface area contributed by atoms with Crippen molar-refractivity contribution < 1.29 is 9.32 Å². The van der Waals surface area contributed by atoms with E-state index in [2.05, 4.69) is 37.6 Å². The number of hydrogen-bond acceptors (Lipinski definition) is 6. The predicted molar refractivity (Wildman–Crippen MR) is 95.3 cm³/mol. The molecular formula is C17H27N7O2. The smallest absolute Gasteiger partial charge is 0.317 e. The molecule has 1 saturated heterocycles. The van der Waals surface area contributed by atoms with E-state index >= 15 is 0 Å². The van der Waals surface area contributed by atoms with Gasteiger partial charge in [0.2, 0.25) is 5.89 Å². The predicted octanol–water partition coefficient (Wildman–Crippen LogP) is 1.61. The van der Waals surface area contributed by atoms with E-state index in [0.717, 1.165) is 43.6 Å². The summed E-state index contributed by atoms with van der Waals surface area (Å²) in [6.07, 6.45) is 4.73. The van der Waals surface area contributed by atoms with Crippen molar-refractivity contribution in [2.45, 2.75) is 52.2 Å². The Morgan fingerprint density at radius 3 is 2.96 bits per heavy atom. The zero-order valence-electron chi connectivity index (χ0n) is 15.7. The van der Waals surface area contributed by atoms with Gasteiger partial charge in [-0.1, -0.05) is 5.16 Å². The van der Waals surface area contributed by atoms with Crippen molar-refractivity contribution in [3.05, 3.63) is 29.2 Å². The van der Waals surface area contributed by atoms with Crippen LogP contribution in [0.25, 0.3) is 0 Å². The van der Waals surface area contributed by atoms with E-state index < -0.39 is 0 Å². The molecule has 2 amide bonds. The van der Waals surface area contributed by atoms with Crippen molar-refractivity contribution in [1.82, 2.24) is 35.5 Å². The molecule has 0 radical (unpaired) electrons. The number of amides is 2. The molecule has 0 unspecified atom stereocenters. The molecule has 1 fully saturated rings. The number of rotatable bonds is 5. The summed E-state index contributed by atoms with van der Waals surface area (Å²) in [5.41, 5.74) is 2.00. The van der Waals surface area contributed by atoms with E-state index in [1.165, 1.54) is 0 Å². The second kappa shape index (κ2) is 8.31. The average Bonchev–Trinajstić information content (AvgIpc) is 3.12. The molecule has 9 nitrogen and oxygen atoms in total. The van der Waals surface area contributed by atoms with Crippen molar-refractivity contribution in [2.24, 2.45) is 0 Å². The first kappa shape index (κ1) is 18.4. The zero-order chi connectivity index (χ0) is 18.5. The molecule has 26 heavy (non-hydrogen) atoms. The molecule has 1 aliphatic heterocycles. The first-order valence-corrected chi connectivity index (χ1v) is 9.04. The van der Waals surface area contributed by atoms with Crippen LogP contribution in [0.5, 0.6) is 0 Å². The van der Waals surface area contributed by atoms with Crippen LogP contribution < -0.4 is 5.32 Å². The molecule has 9 heteroatoms. The molecule has 0 saturated carbocycles. The first-order chi connectivity index (χ1) is 12.5. The number of likely N-dealkylation sites (tertiary alicyclic amines) is 1. The minimum Gasteiger partial charge on any atom is -0.340 e. The Labute approximate surface area is 153 Å². The number of nitrogens with zero attached hydrogens (tertiary/aromatic N) is 5. The van der Waals surface area contributed by atoms with E-state index in [9.17, 15) is 4.79 Å². The monoisotopic (exact) mass is 361 g/mol. The van der Waals surface area contributed by atoms with E-state index in [-0.39, 0.29) is 6.03 Å². The van der Waals surface area contributed by atoms with E-state index in [0.29, 0.717) is 30.8 Å². The molecule has 2 aromatic heterocycles. The van der Waals surface area contributed by atoms with Gasteiger partial charge in [0.1, 0.15) is 0 Å². The number of nitrogens with one attached hydrogen (secondary N) is 2. The lowest BCUT2D eigenvalue weighted by Crippen LogP contribution is -2.41. The summed E-state index contributed by atoms with van der Waals surface area (Å²) in [4.78, 5) is 20.9. The van der Waals surface area contributed by atoms with Gasteiger partial charge >= 0.3 is 6.03 Å². The topological polar surface area (TPSA) is 103 Å². The van der Waals surface area contributed by atoms with Crippen LogP contribution in [-0.4, -0.2) is 62.3 Å². The third-order valence-electron chi connectivity index (χ3n) is 4.93. The number of hydrogen-bond donors (Lipinski definition) is 2. The lowest BCUT2D eigenvalue weighted by Gasteiger charge is -2.26. The lowest BCUT2D eigenvalue weighted by atomic mass is 10.1. The van der Waals surface area contributed by atoms with Gasteiger partial charge in [0.05, 0.1) is 12.7 Å². The quantitative estimate of drug-likeness (QED) is 0.838. The second-order valence-corrected chi connectivity index (χ2v) is 6.90. The van der Waals surface area contributed by atoms with Crippen LogP contribution in [0.2, 0.25) is 0 Å². The summed E-state index contributed by atoms with van der Waals surface area (Å²) in [6.45, 7) is 6.43. The summed E-state index contributed by atoms with van der Waals surface area (Å²) >= 11 is 0.